The maximum atomic E-state index is 4.74. The van der Waals surface area contributed by atoms with Gasteiger partial charge in [0.05, 0.1) is 0 Å². The third kappa shape index (κ3) is 4.57. The van der Waals surface area contributed by atoms with Gasteiger partial charge in [-0.2, -0.15) is 4.98 Å². The standard InChI is InChI=1S/C23H23N7/c1-17-6-3-4-8-19(17)22-25-14-10-20(28-22)30(2)21-11-15-27-23(29-21)26-13-9-18-7-5-12-24-16-18/h3-8,10-12,14-16H,9,13H2,1-2H3,(H,26,27,29). The number of benzene rings is 1. The Morgan fingerprint density at radius 3 is 2.47 bits per heavy atom. The van der Waals surface area contributed by atoms with Crippen molar-refractivity contribution in [1.29, 1.82) is 0 Å². The van der Waals surface area contributed by atoms with Crippen molar-refractivity contribution in [2.24, 2.45) is 0 Å². The zero-order valence-electron chi connectivity index (χ0n) is 17.0. The number of pyridine rings is 1. The minimum absolute atomic E-state index is 0.580. The van der Waals surface area contributed by atoms with Crippen LogP contribution in [0, 0.1) is 6.92 Å². The fourth-order valence-corrected chi connectivity index (χ4v) is 3.09. The quantitative estimate of drug-likeness (QED) is 0.504. The first-order chi connectivity index (χ1) is 14.7. The Bertz CT molecular complexity index is 1120. The summed E-state index contributed by atoms with van der Waals surface area (Å²) in [5.74, 6) is 2.80. The molecule has 0 saturated carbocycles. The highest BCUT2D eigenvalue weighted by Crippen LogP contribution is 2.24. The molecule has 3 heterocycles. The first-order valence-electron chi connectivity index (χ1n) is 9.79. The molecule has 0 aliphatic heterocycles. The van der Waals surface area contributed by atoms with Crippen molar-refractivity contribution in [2.75, 3.05) is 23.8 Å². The van der Waals surface area contributed by atoms with Crippen molar-refractivity contribution < 1.29 is 0 Å². The van der Waals surface area contributed by atoms with E-state index in [4.69, 9.17) is 4.98 Å². The molecule has 7 nitrogen and oxygen atoms in total. The number of rotatable bonds is 7. The van der Waals surface area contributed by atoms with E-state index >= 15 is 0 Å². The van der Waals surface area contributed by atoms with E-state index in [1.54, 1.807) is 18.6 Å². The van der Waals surface area contributed by atoms with Crippen molar-refractivity contribution >= 4 is 17.6 Å². The van der Waals surface area contributed by atoms with Crippen molar-refractivity contribution in [1.82, 2.24) is 24.9 Å². The zero-order chi connectivity index (χ0) is 20.8. The maximum absolute atomic E-state index is 4.74. The van der Waals surface area contributed by atoms with Gasteiger partial charge in [0, 0.05) is 43.9 Å². The Morgan fingerprint density at radius 1 is 0.867 bits per heavy atom. The molecule has 0 bridgehead atoms. The van der Waals surface area contributed by atoms with Gasteiger partial charge in [-0.1, -0.05) is 30.3 Å². The molecule has 1 N–H and O–H groups in total. The molecule has 30 heavy (non-hydrogen) atoms. The maximum Gasteiger partial charge on any atom is 0.224 e. The SMILES string of the molecule is Cc1ccccc1-c1nccc(N(C)c2ccnc(NCCc3cccnc3)n2)n1. The molecular weight excluding hydrogens is 374 g/mol. The van der Waals surface area contributed by atoms with Crippen LogP contribution in [0.3, 0.4) is 0 Å². The zero-order valence-corrected chi connectivity index (χ0v) is 17.0. The molecule has 0 aliphatic rings. The van der Waals surface area contributed by atoms with Crippen LogP contribution in [0.2, 0.25) is 0 Å². The molecule has 0 amide bonds. The molecule has 0 spiro atoms. The summed E-state index contributed by atoms with van der Waals surface area (Å²) in [6.45, 7) is 2.78. The molecule has 0 atom stereocenters. The highest BCUT2D eigenvalue weighted by molar-refractivity contribution is 5.63. The number of aryl methyl sites for hydroxylation is 1. The van der Waals surface area contributed by atoms with Gasteiger partial charge in [-0.05, 0) is 42.7 Å². The Labute approximate surface area is 175 Å². The minimum Gasteiger partial charge on any atom is -0.354 e. The molecular formula is C23H23N7. The van der Waals surface area contributed by atoms with E-state index in [0.717, 1.165) is 35.7 Å². The summed E-state index contributed by atoms with van der Waals surface area (Å²) in [4.78, 5) is 24.2. The van der Waals surface area contributed by atoms with Crippen LogP contribution in [0.15, 0.2) is 73.3 Å². The molecule has 4 rings (SSSR count). The van der Waals surface area contributed by atoms with E-state index in [0.29, 0.717) is 11.8 Å². The summed E-state index contributed by atoms with van der Waals surface area (Å²) in [6.07, 6.45) is 8.01. The third-order valence-electron chi connectivity index (χ3n) is 4.77. The van der Waals surface area contributed by atoms with Gasteiger partial charge in [0.15, 0.2) is 5.82 Å². The molecule has 0 aliphatic carbocycles. The number of hydrogen-bond donors (Lipinski definition) is 1. The first-order valence-corrected chi connectivity index (χ1v) is 9.79. The van der Waals surface area contributed by atoms with E-state index in [9.17, 15) is 0 Å². The molecule has 0 saturated heterocycles. The number of nitrogens with one attached hydrogen (secondary N) is 1. The molecule has 1 aromatic carbocycles. The summed E-state index contributed by atoms with van der Waals surface area (Å²) < 4.78 is 0. The molecule has 0 fully saturated rings. The monoisotopic (exact) mass is 397 g/mol. The lowest BCUT2D eigenvalue weighted by atomic mass is 10.1. The van der Waals surface area contributed by atoms with Gasteiger partial charge in [-0.3, -0.25) is 4.98 Å². The summed E-state index contributed by atoms with van der Waals surface area (Å²) in [5, 5.41) is 3.28. The van der Waals surface area contributed by atoms with E-state index in [1.807, 2.05) is 54.5 Å². The molecule has 7 heteroatoms. The van der Waals surface area contributed by atoms with Crippen LogP contribution in [-0.2, 0) is 6.42 Å². The Kier molecular flexibility index (Phi) is 5.89. The van der Waals surface area contributed by atoms with Gasteiger partial charge in [0.2, 0.25) is 5.95 Å². The van der Waals surface area contributed by atoms with Crippen LogP contribution in [0.5, 0.6) is 0 Å². The van der Waals surface area contributed by atoms with Gasteiger partial charge in [-0.25, -0.2) is 15.0 Å². The molecule has 0 radical (unpaired) electrons. The lowest BCUT2D eigenvalue weighted by Crippen LogP contribution is -2.15. The van der Waals surface area contributed by atoms with Crippen molar-refractivity contribution in [3.05, 3.63) is 84.4 Å². The average Bonchev–Trinajstić information content (AvgIpc) is 2.80. The van der Waals surface area contributed by atoms with E-state index < -0.39 is 0 Å². The van der Waals surface area contributed by atoms with E-state index in [2.05, 4.69) is 44.3 Å². The molecule has 3 aromatic heterocycles. The lowest BCUT2D eigenvalue weighted by molar-refractivity contribution is 0.965. The van der Waals surface area contributed by atoms with Gasteiger partial charge in [0.1, 0.15) is 11.6 Å². The molecule has 150 valence electrons. The Morgan fingerprint density at radius 2 is 1.67 bits per heavy atom. The van der Waals surface area contributed by atoms with Crippen LogP contribution in [0.4, 0.5) is 17.6 Å². The van der Waals surface area contributed by atoms with Crippen molar-refractivity contribution in [3.63, 3.8) is 0 Å². The van der Waals surface area contributed by atoms with Gasteiger partial charge >= 0.3 is 0 Å². The van der Waals surface area contributed by atoms with Gasteiger partial charge < -0.3 is 10.2 Å². The van der Waals surface area contributed by atoms with Crippen molar-refractivity contribution in [2.45, 2.75) is 13.3 Å². The summed E-state index contributed by atoms with van der Waals surface area (Å²) >= 11 is 0. The largest absolute Gasteiger partial charge is 0.354 e. The summed E-state index contributed by atoms with van der Waals surface area (Å²) in [6, 6.07) is 15.8. The topological polar surface area (TPSA) is 79.7 Å². The van der Waals surface area contributed by atoms with Crippen LogP contribution < -0.4 is 10.2 Å². The van der Waals surface area contributed by atoms with E-state index in [1.165, 1.54) is 5.56 Å². The van der Waals surface area contributed by atoms with Crippen molar-refractivity contribution in [3.8, 4) is 11.4 Å². The Hall–Kier alpha value is -3.87. The second-order valence-corrected chi connectivity index (χ2v) is 6.89. The smallest absolute Gasteiger partial charge is 0.224 e. The number of aromatic nitrogens is 5. The van der Waals surface area contributed by atoms with E-state index in [-0.39, 0.29) is 0 Å². The number of nitrogens with zero attached hydrogens (tertiary/aromatic N) is 6. The highest BCUT2D eigenvalue weighted by atomic mass is 15.2. The second-order valence-electron chi connectivity index (χ2n) is 6.89. The lowest BCUT2D eigenvalue weighted by Gasteiger charge is -2.18. The first kappa shape index (κ1) is 19.4. The third-order valence-corrected chi connectivity index (χ3v) is 4.77. The van der Waals surface area contributed by atoms with Gasteiger partial charge in [0.25, 0.3) is 0 Å². The second kappa shape index (κ2) is 9.09. The average molecular weight is 397 g/mol. The molecule has 0 unspecified atom stereocenters. The summed E-state index contributed by atoms with van der Waals surface area (Å²) in [7, 11) is 1.94. The van der Waals surface area contributed by atoms with Crippen LogP contribution >= 0.6 is 0 Å². The Balaban J connectivity index is 1.48. The van der Waals surface area contributed by atoms with Crippen LogP contribution in [0.1, 0.15) is 11.1 Å². The summed E-state index contributed by atoms with van der Waals surface area (Å²) in [5.41, 5.74) is 3.33. The fourth-order valence-electron chi connectivity index (χ4n) is 3.09. The predicted molar refractivity (Wildman–Crippen MR) is 119 cm³/mol. The molecule has 4 aromatic rings. The van der Waals surface area contributed by atoms with Crippen LogP contribution in [-0.4, -0.2) is 38.5 Å². The van der Waals surface area contributed by atoms with Crippen LogP contribution in [0.25, 0.3) is 11.4 Å². The highest BCUT2D eigenvalue weighted by Gasteiger charge is 2.11. The predicted octanol–water partition coefficient (Wildman–Crippen LogP) is 4.06. The number of anilines is 3. The fraction of sp³-hybridized carbons (Fsp3) is 0.174. The minimum atomic E-state index is 0.580. The van der Waals surface area contributed by atoms with Gasteiger partial charge in [-0.15, -0.1) is 0 Å². The number of hydrogen-bond acceptors (Lipinski definition) is 7. The normalized spacial score (nSPS) is 10.6.